The van der Waals surface area contributed by atoms with Gasteiger partial charge in [0.25, 0.3) is 0 Å². The third-order valence-electron chi connectivity index (χ3n) is 5.36. The summed E-state index contributed by atoms with van der Waals surface area (Å²) in [4.78, 5) is 24.3. The number of anilines is 1. The molecule has 0 saturated heterocycles. The highest BCUT2D eigenvalue weighted by atomic mass is 16.5. The standard InChI is InChI=1S/C24H33N3O4/c1-16(2)22(28)31-19-12-11-18(13-19)20-14-21(27(26-20)24(3,4)5)25-23(29)30-15-17-9-7-6-8-10-17/h6-10,14,16,18-19H,11-13,15H2,1-5H3,(H,25,29)/t18-,19+/m0/s1. The quantitative estimate of drug-likeness (QED) is 0.639. The fraction of sp³-hybridized carbons (Fsp3) is 0.542. The Labute approximate surface area is 184 Å². The minimum Gasteiger partial charge on any atom is -0.462 e. The van der Waals surface area contributed by atoms with Crippen LogP contribution < -0.4 is 5.32 Å². The first-order valence-electron chi connectivity index (χ1n) is 10.9. The van der Waals surface area contributed by atoms with E-state index in [1.54, 1.807) is 0 Å². The first-order chi connectivity index (χ1) is 14.6. The maximum Gasteiger partial charge on any atom is 0.413 e. The van der Waals surface area contributed by atoms with Gasteiger partial charge in [0.2, 0.25) is 0 Å². The second kappa shape index (κ2) is 9.54. The van der Waals surface area contributed by atoms with Gasteiger partial charge in [-0.2, -0.15) is 5.10 Å². The highest BCUT2D eigenvalue weighted by Crippen LogP contribution is 2.37. The molecule has 3 rings (SSSR count). The van der Waals surface area contributed by atoms with Crippen molar-refractivity contribution in [2.24, 2.45) is 5.92 Å². The van der Waals surface area contributed by atoms with Gasteiger partial charge < -0.3 is 9.47 Å². The van der Waals surface area contributed by atoms with Gasteiger partial charge in [0, 0.05) is 12.0 Å². The summed E-state index contributed by atoms with van der Waals surface area (Å²) in [6, 6.07) is 11.5. The van der Waals surface area contributed by atoms with Gasteiger partial charge in [0.15, 0.2) is 0 Å². The SMILES string of the molecule is CC(C)C(=O)O[C@@H]1CC[C@H](c2cc(NC(=O)OCc3ccccc3)n(C(C)(C)C)n2)C1. The van der Waals surface area contributed by atoms with E-state index in [-0.39, 0.29) is 36.1 Å². The van der Waals surface area contributed by atoms with Crippen molar-refractivity contribution in [1.82, 2.24) is 9.78 Å². The maximum absolute atomic E-state index is 12.4. The fourth-order valence-electron chi connectivity index (χ4n) is 3.68. The predicted octanol–water partition coefficient (Wildman–Crippen LogP) is 5.22. The zero-order valence-electron chi connectivity index (χ0n) is 19.1. The fourth-order valence-corrected chi connectivity index (χ4v) is 3.68. The van der Waals surface area contributed by atoms with Crippen LogP contribution in [0.4, 0.5) is 10.6 Å². The normalized spacial score (nSPS) is 18.8. The third kappa shape index (κ3) is 6.09. The molecule has 0 aliphatic heterocycles. The number of nitrogens with zero attached hydrogens (tertiary/aromatic N) is 2. The van der Waals surface area contributed by atoms with Crippen molar-refractivity contribution in [2.45, 2.75) is 78.0 Å². The van der Waals surface area contributed by atoms with E-state index >= 15 is 0 Å². The molecule has 1 aliphatic rings. The average molecular weight is 428 g/mol. The minimum atomic E-state index is -0.518. The summed E-state index contributed by atoms with van der Waals surface area (Å²) < 4.78 is 12.8. The molecule has 1 fully saturated rings. The van der Waals surface area contributed by atoms with Crippen molar-refractivity contribution in [3.63, 3.8) is 0 Å². The number of benzene rings is 1. The van der Waals surface area contributed by atoms with Crippen LogP contribution in [0.2, 0.25) is 0 Å². The van der Waals surface area contributed by atoms with E-state index < -0.39 is 6.09 Å². The Morgan fingerprint density at radius 1 is 1.19 bits per heavy atom. The van der Waals surface area contributed by atoms with E-state index in [0.29, 0.717) is 5.82 Å². The number of rotatable bonds is 6. The first kappa shape index (κ1) is 22.8. The smallest absolute Gasteiger partial charge is 0.413 e. The van der Waals surface area contributed by atoms with Crippen LogP contribution in [-0.2, 0) is 26.4 Å². The molecule has 2 atom stereocenters. The zero-order valence-corrected chi connectivity index (χ0v) is 19.1. The van der Waals surface area contributed by atoms with Gasteiger partial charge in [-0.25, -0.2) is 9.48 Å². The molecule has 0 spiro atoms. The van der Waals surface area contributed by atoms with Crippen molar-refractivity contribution in [1.29, 1.82) is 0 Å². The summed E-state index contributed by atoms with van der Waals surface area (Å²) in [7, 11) is 0. The Kier molecular flexibility index (Phi) is 7.03. The molecule has 1 aliphatic carbocycles. The van der Waals surface area contributed by atoms with E-state index in [1.165, 1.54) is 0 Å². The molecule has 2 aromatic rings. The Morgan fingerprint density at radius 2 is 1.90 bits per heavy atom. The largest absolute Gasteiger partial charge is 0.462 e. The van der Waals surface area contributed by atoms with E-state index in [2.05, 4.69) is 5.32 Å². The van der Waals surface area contributed by atoms with Gasteiger partial charge >= 0.3 is 12.1 Å². The highest BCUT2D eigenvalue weighted by Gasteiger charge is 2.32. The molecule has 31 heavy (non-hydrogen) atoms. The topological polar surface area (TPSA) is 82.5 Å². The molecule has 168 valence electrons. The highest BCUT2D eigenvalue weighted by molar-refractivity contribution is 5.83. The minimum absolute atomic E-state index is 0.0769. The maximum atomic E-state index is 12.4. The lowest BCUT2D eigenvalue weighted by atomic mass is 10.0. The zero-order chi connectivity index (χ0) is 22.6. The molecular formula is C24H33N3O4. The predicted molar refractivity (Wildman–Crippen MR) is 119 cm³/mol. The van der Waals surface area contributed by atoms with E-state index in [4.69, 9.17) is 14.6 Å². The summed E-state index contributed by atoms with van der Waals surface area (Å²) in [5.74, 6) is 0.504. The Hall–Kier alpha value is -2.83. The van der Waals surface area contributed by atoms with Gasteiger partial charge in [0.05, 0.1) is 17.2 Å². The van der Waals surface area contributed by atoms with Gasteiger partial charge in [0.1, 0.15) is 18.5 Å². The number of ether oxygens (including phenoxy) is 2. The number of carbonyl (C=O) groups is 2. The lowest BCUT2D eigenvalue weighted by Gasteiger charge is -2.22. The van der Waals surface area contributed by atoms with Crippen molar-refractivity contribution < 1.29 is 19.1 Å². The monoisotopic (exact) mass is 427 g/mol. The molecule has 7 heteroatoms. The van der Waals surface area contributed by atoms with E-state index in [0.717, 1.165) is 30.5 Å². The molecule has 0 bridgehead atoms. The van der Waals surface area contributed by atoms with Crippen LogP contribution in [-0.4, -0.2) is 27.9 Å². The molecule has 1 amide bonds. The molecule has 1 aromatic heterocycles. The van der Waals surface area contributed by atoms with Gasteiger partial charge in [-0.3, -0.25) is 10.1 Å². The van der Waals surface area contributed by atoms with Crippen LogP contribution in [0, 0.1) is 5.92 Å². The van der Waals surface area contributed by atoms with Crippen LogP contribution in [0.1, 0.15) is 71.1 Å². The van der Waals surface area contributed by atoms with E-state index in [9.17, 15) is 9.59 Å². The summed E-state index contributed by atoms with van der Waals surface area (Å²) >= 11 is 0. The second-order valence-electron chi connectivity index (χ2n) is 9.45. The molecule has 0 radical (unpaired) electrons. The van der Waals surface area contributed by atoms with Crippen molar-refractivity contribution >= 4 is 17.9 Å². The Morgan fingerprint density at radius 3 is 2.55 bits per heavy atom. The molecule has 1 N–H and O–H groups in total. The van der Waals surface area contributed by atoms with Crippen LogP contribution in [0.15, 0.2) is 36.4 Å². The molecule has 0 unspecified atom stereocenters. The van der Waals surface area contributed by atoms with Gasteiger partial charge in [-0.15, -0.1) is 0 Å². The van der Waals surface area contributed by atoms with E-state index in [1.807, 2.05) is 75.7 Å². The molecule has 1 heterocycles. The lowest BCUT2D eigenvalue weighted by molar-refractivity contribution is -0.152. The Bertz CT molecular complexity index is 899. The lowest BCUT2D eigenvalue weighted by Crippen LogP contribution is -2.27. The Balaban J connectivity index is 1.67. The number of nitrogens with one attached hydrogen (secondary N) is 1. The van der Waals surface area contributed by atoms with Crippen molar-refractivity contribution in [3.8, 4) is 0 Å². The number of carbonyl (C=O) groups excluding carboxylic acids is 2. The average Bonchev–Trinajstić information content (AvgIpc) is 3.34. The van der Waals surface area contributed by atoms with Crippen LogP contribution in [0.5, 0.6) is 0 Å². The number of hydrogen-bond acceptors (Lipinski definition) is 5. The van der Waals surface area contributed by atoms with Crippen molar-refractivity contribution in [2.75, 3.05) is 5.32 Å². The van der Waals surface area contributed by atoms with Crippen LogP contribution in [0.25, 0.3) is 0 Å². The van der Waals surface area contributed by atoms with Crippen LogP contribution in [0.3, 0.4) is 0 Å². The first-order valence-corrected chi connectivity index (χ1v) is 10.9. The van der Waals surface area contributed by atoms with Crippen LogP contribution >= 0.6 is 0 Å². The second-order valence-corrected chi connectivity index (χ2v) is 9.45. The third-order valence-corrected chi connectivity index (χ3v) is 5.36. The molecule has 1 saturated carbocycles. The summed E-state index contributed by atoms with van der Waals surface area (Å²) in [6.07, 6.45) is 1.88. The van der Waals surface area contributed by atoms with Gasteiger partial charge in [-0.1, -0.05) is 44.2 Å². The number of esters is 1. The molecule has 7 nitrogen and oxygen atoms in total. The number of aromatic nitrogens is 2. The molecule has 1 aromatic carbocycles. The van der Waals surface area contributed by atoms with Gasteiger partial charge in [-0.05, 0) is 45.6 Å². The summed E-state index contributed by atoms with van der Waals surface area (Å²) in [5, 5.41) is 7.63. The van der Waals surface area contributed by atoms with Crippen molar-refractivity contribution in [3.05, 3.63) is 47.7 Å². The number of hydrogen-bond donors (Lipinski definition) is 1. The molecular weight excluding hydrogens is 394 g/mol. The summed E-state index contributed by atoms with van der Waals surface area (Å²) in [5.41, 5.74) is 1.51. The number of amides is 1. The summed E-state index contributed by atoms with van der Waals surface area (Å²) in [6.45, 7) is 9.99.